The largest absolute Gasteiger partial charge is 0.333 e. The summed E-state index contributed by atoms with van der Waals surface area (Å²) < 4.78 is 2.20. The summed E-state index contributed by atoms with van der Waals surface area (Å²) in [6.07, 6.45) is 10.3. The molecule has 1 atom stereocenters. The summed E-state index contributed by atoms with van der Waals surface area (Å²) in [5.74, 6) is 2.09. The van der Waals surface area contributed by atoms with Crippen molar-refractivity contribution in [3.63, 3.8) is 0 Å². The van der Waals surface area contributed by atoms with Crippen molar-refractivity contribution in [2.75, 3.05) is 6.54 Å². The minimum atomic E-state index is 0.0905. The van der Waals surface area contributed by atoms with Crippen LogP contribution in [0.3, 0.4) is 0 Å². The standard InChI is InChI=1S/C20H28N4OS/c1-15(25)23-12-6-5-11-18(23)20-21-19(14-17-10-7-13-26-17)22-24(20)16-8-3-2-4-9-16/h7,10,13,16,18H,2-6,8-9,11-12,14H2,1H3. The molecule has 5 nitrogen and oxygen atoms in total. The normalized spacial score (nSPS) is 21.9. The third kappa shape index (κ3) is 3.70. The second kappa shape index (κ2) is 7.91. The number of thiophene rings is 1. The molecule has 2 fully saturated rings. The molecule has 2 aliphatic rings. The lowest BCUT2D eigenvalue weighted by Crippen LogP contribution is -2.38. The molecule has 1 amide bonds. The Bertz CT molecular complexity index is 733. The summed E-state index contributed by atoms with van der Waals surface area (Å²) in [6.45, 7) is 2.53. The maximum atomic E-state index is 12.2. The van der Waals surface area contributed by atoms with Gasteiger partial charge in [0.1, 0.15) is 5.82 Å². The van der Waals surface area contributed by atoms with E-state index in [-0.39, 0.29) is 11.9 Å². The Hall–Kier alpha value is -1.69. The number of piperidine rings is 1. The minimum Gasteiger partial charge on any atom is -0.333 e. The van der Waals surface area contributed by atoms with Crippen LogP contribution in [0.25, 0.3) is 0 Å². The van der Waals surface area contributed by atoms with Gasteiger partial charge in [-0.3, -0.25) is 4.79 Å². The van der Waals surface area contributed by atoms with E-state index < -0.39 is 0 Å². The second-order valence-corrected chi connectivity index (χ2v) is 8.64. The molecule has 2 aromatic heterocycles. The van der Waals surface area contributed by atoms with Crippen molar-refractivity contribution in [3.8, 4) is 0 Å². The number of hydrogen-bond donors (Lipinski definition) is 0. The van der Waals surface area contributed by atoms with E-state index in [1.165, 1.54) is 37.0 Å². The van der Waals surface area contributed by atoms with Crippen molar-refractivity contribution in [2.45, 2.75) is 76.8 Å². The molecule has 0 radical (unpaired) electrons. The first kappa shape index (κ1) is 17.7. The molecule has 0 aromatic carbocycles. The summed E-state index contributed by atoms with van der Waals surface area (Å²) in [4.78, 5) is 20.5. The smallest absolute Gasteiger partial charge is 0.220 e. The van der Waals surface area contributed by atoms with Gasteiger partial charge in [0.05, 0.1) is 12.1 Å². The highest BCUT2D eigenvalue weighted by Gasteiger charge is 2.32. The number of nitrogens with zero attached hydrogens (tertiary/aromatic N) is 4. The van der Waals surface area contributed by atoms with Crippen molar-refractivity contribution < 1.29 is 4.79 Å². The molecule has 1 saturated heterocycles. The zero-order valence-electron chi connectivity index (χ0n) is 15.6. The van der Waals surface area contributed by atoms with E-state index in [4.69, 9.17) is 10.1 Å². The Morgan fingerprint density at radius 3 is 2.73 bits per heavy atom. The Kier molecular flexibility index (Phi) is 5.38. The zero-order chi connectivity index (χ0) is 17.9. The fraction of sp³-hybridized carbons (Fsp3) is 0.650. The molecule has 1 saturated carbocycles. The fourth-order valence-electron chi connectivity index (χ4n) is 4.42. The first-order chi connectivity index (χ1) is 12.7. The lowest BCUT2D eigenvalue weighted by atomic mass is 9.95. The molecule has 1 aliphatic carbocycles. The Balaban J connectivity index is 1.68. The SMILES string of the molecule is CC(=O)N1CCCCC1c1nc(Cc2cccs2)nn1C1CCCCC1. The lowest BCUT2D eigenvalue weighted by Gasteiger charge is -2.35. The van der Waals surface area contributed by atoms with Crippen molar-refractivity contribution in [1.82, 2.24) is 19.7 Å². The van der Waals surface area contributed by atoms with Crippen LogP contribution in [0.1, 0.15) is 86.9 Å². The molecular formula is C20H28N4OS. The van der Waals surface area contributed by atoms with Gasteiger partial charge >= 0.3 is 0 Å². The van der Waals surface area contributed by atoms with Gasteiger partial charge in [-0.15, -0.1) is 11.3 Å². The van der Waals surface area contributed by atoms with Crippen LogP contribution < -0.4 is 0 Å². The number of aromatic nitrogens is 3. The highest BCUT2D eigenvalue weighted by molar-refractivity contribution is 7.09. The van der Waals surface area contributed by atoms with Gasteiger partial charge in [0.25, 0.3) is 0 Å². The number of carbonyl (C=O) groups is 1. The number of hydrogen-bond acceptors (Lipinski definition) is 4. The van der Waals surface area contributed by atoms with Gasteiger partial charge in [-0.05, 0) is 43.6 Å². The zero-order valence-corrected chi connectivity index (χ0v) is 16.4. The van der Waals surface area contributed by atoms with Gasteiger partial charge in [-0.1, -0.05) is 25.3 Å². The van der Waals surface area contributed by atoms with E-state index in [0.29, 0.717) is 6.04 Å². The lowest BCUT2D eigenvalue weighted by molar-refractivity contribution is -0.132. The molecule has 0 bridgehead atoms. The van der Waals surface area contributed by atoms with E-state index in [1.54, 1.807) is 18.3 Å². The van der Waals surface area contributed by atoms with Crippen LogP contribution in [-0.2, 0) is 11.2 Å². The van der Waals surface area contributed by atoms with Gasteiger partial charge < -0.3 is 4.90 Å². The van der Waals surface area contributed by atoms with Gasteiger partial charge in [0, 0.05) is 24.8 Å². The van der Waals surface area contributed by atoms with E-state index in [1.807, 2.05) is 4.90 Å². The fourth-order valence-corrected chi connectivity index (χ4v) is 5.13. The maximum absolute atomic E-state index is 12.2. The van der Waals surface area contributed by atoms with E-state index in [2.05, 4.69) is 22.2 Å². The average Bonchev–Trinajstić information content (AvgIpc) is 3.33. The Morgan fingerprint density at radius 2 is 2.00 bits per heavy atom. The number of rotatable bonds is 4. The molecule has 2 aromatic rings. The van der Waals surface area contributed by atoms with Crippen LogP contribution in [-0.4, -0.2) is 32.1 Å². The van der Waals surface area contributed by atoms with Crippen molar-refractivity contribution in [2.24, 2.45) is 0 Å². The third-order valence-corrected chi connectivity index (χ3v) is 6.62. The van der Waals surface area contributed by atoms with Crippen LogP contribution >= 0.6 is 11.3 Å². The summed E-state index contributed by atoms with van der Waals surface area (Å²) in [5, 5.41) is 7.06. The van der Waals surface area contributed by atoms with Crippen LogP contribution in [0.4, 0.5) is 0 Å². The van der Waals surface area contributed by atoms with Crippen molar-refractivity contribution in [3.05, 3.63) is 34.0 Å². The van der Waals surface area contributed by atoms with Crippen LogP contribution in [0.15, 0.2) is 17.5 Å². The minimum absolute atomic E-state index is 0.0905. The molecule has 1 aliphatic heterocycles. The van der Waals surface area contributed by atoms with Crippen LogP contribution in [0, 0.1) is 0 Å². The number of carbonyl (C=O) groups excluding carboxylic acids is 1. The van der Waals surface area contributed by atoms with Crippen LogP contribution in [0.2, 0.25) is 0 Å². The molecule has 4 rings (SSSR count). The molecule has 3 heterocycles. The average molecular weight is 373 g/mol. The molecule has 0 spiro atoms. The highest BCUT2D eigenvalue weighted by Crippen LogP contribution is 2.35. The molecule has 26 heavy (non-hydrogen) atoms. The van der Waals surface area contributed by atoms with Gasteiger partial charge in [0.2, 0.25) is 5.91 Å². The van der Waals surface area contributed by atoms with E-state index >= 15 is 0 Å². The summed E-state index contributed by atoms with van der Waals surface area (Å²) >= 11 is 1.76. The number of likely N-dealkylation sites (tertiary alicyclic amines) is 1. The maximum Gasteiger partial charge on any atom is 0.220 e. The Morgan fingerprint density at radius 1 is 1.19 bits per heavy atom. The monoisotopic (exact) mass is 372 g/mol. The van der Waals surface area contributed by atoms with Crippen molar-refractivity contribution >= 4 is 17.2 Å². The molecule has 0 N–H and O–H groups in total. The second-order valence-electron chi connectivity index (χ2n) is 7.60. The topological polar surface area (TPSA) is 51.0 Å². The number of amides is 1. The predicted octanol–water partition coefficient (Wildman–Crippen LogP) is 4.51. The predicted molar refractivity (Wildman–Crippen MR) is 103 cm³/mol. The molecular weight excluding hydrogens is 344 g/mol. The summed E-state index contributed by atoms with van der Waals surface area (Å²) in [6, 6.07) is 4.76. The van der Waals surface area contributed by atoms with E-state index in [9.17, 15) is 4.79 Å². The quantitative estimate of drug-likeness (QED) is 0.793. The summed E-state index contributed by atoms with van der Waals surface area (Å²) in [7, 11) is 0. The first-order valence-corrected chi connectivity index (χ1v) is 10.9. The van der Waals surface area contributed by atoms with Gasteiger partial charge in [-0.2, -0.15) is 5.10 Å². The van der Waals surface area contributed by atoms with Gasteiger partial charge in [0.15, 0.2) is 5.82 Å². The first-order valence-electron chi connectivity index (χ1n) is 9.97. The Labute approximate surface area is 159 Å². The molecule has 6 heteroatoms. The third-order valence-electron chi connectivity index (χ3n) is 5.74. The summed E-state index contributed by atoms with van der Waals surface area (Å²) in [5.41, 5.74) is 0. The van der Waals surface area contributed by atoms with Crippen LogP contribution in [0.5, 0.6) is 0 Å². The van der Waals surface area contributed by atoms with Crippen molar-refractivity contribution in [1.29, 1.82) is 0 Å². The molecule has 140 valence electrons. The van der Waals surface area contributed by atoms with E-state index in [0.717, 1.165) is 43.9 Å². The highest BCUT2D eigenvalue weighted by atomic mass is 32.1. The molecule has 1 unspecified atom stereocenters. The van der Waals surface area contributed by atoms with Gasteiger partial charge in [-0.25, -0.2) is 9.67 Å².